The number of nitrogens with one attached hydrogen (secondary N) is 1. The number of amides is 1. The van der Waals surface area contributed by atoms with Gasteiger partial charge in [-0.05, 0) is 54.3 Å². The molecule has 166 valence electrons. The van der Waals surface area contributed by atoms with Crippen LogP contribution < -0.4 is 5.32 Å². The van der Waals surface area contributed by atoms with E-state index in [0.717, 1.165) is 56.9 Å². The van der Waals surface area contributed by atoms with Crippen LogP contribution in [-0.2, 0) is 16.0 Å². The first-order valence-corrected chi connectivity index (χ1v) is 11.0. The van der Waals surface area contributed by atoms with Crippen molar-refractivity contribution in [1.29, 1.82) is 5.26 Å². The highest BCUT2D eigenvalue weighted by atomic mass is 16.5. The van der Waals surface area contributed by atoms with Crippen molar-refractivity contribution in [3.63, 3.8) is 0 Å². The van der Waals surface area contributed by atoms with E-state index in [1.54, 1.807) is 31.4 Å². The number of hydrogen-bond donors (Lipinski definition) is 1. The third kappa shape index (κ3) is 5.22. The molecular weight excluding hydrogens is 404 g/mol. The maximum absolute atomic E-state index is 12.8. The molecule has 32 heavy (non-hydrogen) atoms. The molecule has 7 nitrogen and oxygen atoms in total. The summed E-state index contributed by atoms with van der Waals surface area (Å²) in [5.41, 5.74) is 4.31. The molecule has 0 saturated carbocycles. The van der Waals surface area contributed by atoms with E-state index in [9.17, 15) is 4.79 Å². The van der Waals surface area contributed by atoms with Crippen LogP contribution in [0.15, 0.2) is 47.5 Å². The number of carbonyl (C=O) groups is 1. The zero-order valence-corrected chi connectivity index (χ0v) is 18.3. The van der Waals surface area contributed by atoms with Crippen LogP contribution >= 0.6 is 0 Å². The predicted octanol–water partition coefficient (Wildman–Crippen LogP) is 3.37. The third-order valence-corrected chi connectivity index (χ3v) is 5.91. The molecule has 1 unspecified atom stereocenters. The lowest BCUT2D eigenvalue weighted by molar-refractivity contribution is 0.0342. The Kier molecular flexibility index (Phi) is 7.28. The topological polar surface area (TPSA) is 86.9 Å². The number of rotatable bonds is 7. The Bertz CT molecular complexity index is 1020. The van der Waals surface area contributed by atoms with Gasteiger partial charge >= 0.3 is 0 Å². The molecule has 4 rings (SSSR count). The summed E-state index contributed by atoms with van der Waals surface area (Å²) >= 11 is 0. The average Bonchev–Trinajstić information content (AvgIpc) is 3.16. The van der Waals surface area contributed by atoms with E-state index < -0.39 is 0 Å². The van der Waals surface area contributed by atoms with Gasteiger partial charge < -0.3 is 14.8 Å². The summed E-state index contributed by atoms with van der Waals surface area (Å²) in [6, 6.07) is 15.1. The minimum Gasteiger partial charge on any atom is -0.385 e. The number of amidine groups is 1. The normalized spacial score (nSPS) is 18.0. The fourth-order valence-corrected chi connectivity index (χ4v) is 4.18. The first kappa shape index (κ1) is 22.2. The van der Waals surface area contributed by atoms with Crippen LogP contribution in [0.25, 0.3) is 0 Å². The second-order valence-corrected chi connectivity index (χ2v) is 8.11. The highest BCUT2D eigenvalue weighted by Crippen LogP contribution is 2.38. The standard InChI is InChI=1S/C25H28N4O3/c1-31-12-2-3-22-21-9-6-19(17-29-10-13-32-14-11-29)15-23(21)27-24(22)28-25(30)20-7-4-18(16-26)5-8-20/h4-9,15,22H,2-3,10-14,17H2,1H3,(H,27,28,30). The third-order valence-electron chi connectivity index (χ3n) is 5.91. The van der Waals surface area contributed by atoms with Gasteiger partial charge in [0.1, 0.15) is 5.84 Å². The van der Waals surface area contributed by atoms with E-state index in [0.29, 0.717) is 23.6 Å². The summed E-state index contributed by atoms with van der Waals surface area (Å²) in [6.45, 7) is 4.95. The van der Waals surface area contributed by atoms with Crippen molar-refractivity contribution in [3.8, 4) is 6.07 Å². The van der Waals surface area contributed by atoms with Crippen LogP contribution in [0.2, 0.25) is 0 Å². The summed E-state index contributed by atoms with van der Waals surface area (Å²) in [4.78, 5) is 20.0. The summed E-state index contributed by atoms with van der Waals surface area (Å²) in [6.07, 6.45) is 1.72. The molecule has 0 bridgehead atoms. The Morgan fingerprint density at radius 2 is 2.03 bits per heavy atom. The van der Waals surface area contributed by atoms with E-state index in [4.69, 9.17) is 19.7 Å². The Labute approximate surface area is 188 Å². The highest BCUT2D eigenvalue weighted by molar-refractivity contribution is 6.10. The molecule has 1 saturated heterocycles. The predicted molar refractivity (Wildman–Crippen MR) is 122 cm³/mol. The van der Waals surface area contributed by atoms with Crippen molar-refractivity contribution in [2.45, 2.75) is 25.3 Å². The van der Waals surface area contributed by atoms with Crippen molar-refractivity contribution >= 4 is 17.4 Å². The number of nitrogens with zero attached hydrogens (tertiary/aromatic N) is 3. The lowest BCUT2D eigenvalue weighted by atomic mass is 9.93. The van der Waals surface area contributed by atoms with E-state index in [2.05, 4.69) is 34.5 Å². The van der Waals surface area contributed by atoms with Gasteiger partial charge in [0, 0.05) is 44.8 Å². The van der Waals surface area contributed by atoms with Crippen molar-refractivity contribution in [2.75, 3.05) is 40.0 Å². The molecule has 2 heterocycles. The molecule has 1 atom stereocenters. The number of benzene rings is 2. The second-order valence-electron chi connectivity index (χ2n) is 8.11. The number of nitriles is 1. The van der Waals surface area contributed by atoms with Gasteiger partial charge in [-0.1, -0.05) is 12.1 Å². The molecule has 2 aliphatic rings. The van der Waals surface area contributed by atoms with Crippen LogP contribution in [-0.4, -0.2) is 56.7 Å². The molecule has 0 aromatic heterocycles. The Morgan fingerprint density at radius 3 is 2.75 bits per heavy atom. The number of fused-ring (bicyclic) bond motifs is 1. The van der Waals surface area contributed by atoms with E-state index in [1.807, 2.05) is 0 Å². The Hall–Kier alpha value is -3.05. The SMILES string of the molecule is COCCCC1C(NC(=O)c2ccc(C#N)cc2)=Nc2cc(CN3CCOCC3)ccc21. The van der Waals surface area contributed by atoms with Gasteiger partial charge in [0.25, 0.3) is 5.91 Å². The molecule has 1 N–H and O–H groups in total. The van der Waals surface area contributed by atoms with Gasteiger partial charge in [-0.15, -0.1) is 0 Å². The molecule has 0 spiro atoms. The van der Waals surface area contributed by atoms with Crippen LogP contribution in [0.3, 0.4) is 0 Å². The minimum absolute atomic E-state index is 0.0277. The van der Waals surface area contributed by atoms with Crippen molar-refractivity contribution in [3.05, 3.63) is 64.7 Å². The van der Waals surface area contributed by atoms with Crippen molar-refractivity contribution in [2.24, 2.45) is 4.99 Å². The smallest absolute Gasteiger partial charge is 0.256 e. The molecule has 2 aromatic rings. The maximum Gasteiger partial charge on any atom is 0.256 e. The fourth-order valence-electron chi connectivity index (χ4n) is 4.18. The lowest BCUT2D eigenvalue weighted by Gasteiger charge is -2.26. The molecule has 7 heteroatoms. The number of aliphatic imine (C=N–C) groups is 1. The number of hydrogen-bond acceptors (Lipinski definition) is 6. The summed E-state index contributed by atoms with van der Waals surface area (Å²) in [5.74, 6) is 0.486. The van der Waals surface area contributed by atoms with Crippen molar-refractivity contribution < 1.29 is 14.3 Å². The van der Waals surface area contributed by atoms with Crippen LogP contribution in [0, 0.1) is 11.3 Å². The Morgan fingerprint density at radius 1 is 1.25 bits per heavy atom. The van der Waals surface area contributed by atoms with E-state index >= 15 is 0 Å². The van der Waals surface area contributed by atoms with Gasteiger partial charge in [-0.2, -0.15) is 5.26 Å². The van der Waals surface area contributed by atoms with Gasteiger partial charge in [0.15, 0.2) is 0 Å². The first-order chi connectivity index (χ1) is 15.7. The number of morpholine rings is 1. The summed E-state index contributed by atoms with van der Waals surface area (Å²) < 4.78 is 10.7. The quantitative estimate of drug-likeness (QED) is 0.678. The first-order valence-electron chi connectivity index (χ1n) is 11.0. The largest absolute Gasteiger partial charge is 0.385 e. The monoisotopic (exact) mass is 432 g/mol. The highest BCUT2D eigenvalue weighted by Gasteiger charge is 2.29. The van der Waals surface area contributed by atoms with Crippen LogP contribution in [0.4, 0.5) is 5.69 Å². The zero-order chi connectivity index (χ0) is 22.3. The van der Waals surface area contributed by atoms with Crippen molar-refractivity contribution in [1.82, 2.24) is 10.2 Å². The van der Waals surface area contributed by atoms with E-state index in [-0.39, 0.29) is 11.8 Å². The minimum atomic E-state index is -0.216. The number of ether oxygens (including phenoxy) is 2. The van der Waals surface area contributed by atoms with Gasteiger partial charge in [0.2, 0.25) is 0 Å². The Balaban J connectivity index is 1.52. The van der Waals surface area contributed by atoms with Gasteiger partial charge in [-0.25, -0.2) is 4.99 Å². The molecule has 1 amide bonds. The molecule has 0 aliphatic carbocycles. The number of carbonyl (C=O) groups excluding carboxylic acids is 1. The summed E-state index contributed by atoms with van der Waals surface area (Å²) in [5, 5.41) is 12.0. The molecule has 0 radical (unpaired) electrons. The van der Waals surface area contributed by atoms with Crippen LogP contribution in [0.5, 0.6) is 0 Å². The second kappa shape index (κ2) is 10.5. The lowest BCUT2D eigenvalue weighted by Crippen LogP contribution is -2.35. The zero-order valence-electron chi connectivity index (χ0n) is 18.3. The van der Waals surface area contributed by atoms with Gasteiger partial charge in [0.05, 0.1) is 30.5 Å². The maximum atomic E-state index is 12.8. The fraction of sp³-hybridized carbons (Fsp3) is 0.400. The molecule has 1 fully saturated rings. The molecule has 2 aromatic carbocycles. The molecule has 2 aliphatic heterocycles. The molecular formula is C25H28N4O3. The van der Waals surface area contributed by atoms with Crippen LogP contribution in [0.1, 0.15) is 45.8 Å². The summed E-state index contributed by atoms with van der Waals surface area (Å²) in [7, 11) is 1.70. The van der Waals surface area contributed by atoms with E-state index in [1.165, 1.54) is 5.56 Å². The van der Waals surface area contributed by atoms with Gasteiger partial charge in [-0.3, -0.25) is 9.69 Å². The average molecular weight is 433 g/mol. The number of methoxy groups -OCH3 is 1.